The van der Waals surface area contributed by atoms with Crippen LogP contribution in [-0.2, 0) is 44.5 Å². The Morgan fingerprint density at radius 1 is 0.938 bits per heavy atom. The van der Waals surface area contributed by atoms with Crippen LogP contribution in [0, 0.1) is 28.1 Å². The molecule has 0 aromatic heterocycles. The number of aliphatic hydroxyl groups is 2. The molecule has 1 aromatic rings. The van der Waals surface area contributed by atoms with Gasteiger partial charge in [0.1, 0.15) is 0 Å². The van der Waals surface area contributed by atoms with E-state index in [0.29, 0.717) is 77.8 Å². The highest BCUT2D eigenvalue weighted by molar-refractivity contribution is 5.90. The van der Waals surface area contributed by atoms with Crippen LogP contribution >= 0.6 is 0 Å². The van der Waals surface area contributed by atoms with E-state index in [1.165, 1.54) is 26.7 Å². The maximum atomic E-state index is 15.7. The molecule has 10 rings (SSSR count). The first-order chi connectivity index (χ1) is 31.2. The molecule has 0 amide bonds. The minimum absolute atomic E-state index is 0.0486. The Morgan fingerprint density at radius 2 is 1.71 bits per heavy atom. The average Bonchev–Trinajstić information content (AvgIpc) is 3.97. The molecular weight excluding hydrogens is 829 g/mol. The molecule has 2 N–H and O–H groups in total. The van der Waals surface area contributed by atoms with E-state index < -0.39 is 63.6 Å². The molecule has 1 aromatic carbocycles. The zero-order chi connectivity index (χ0) is 45.8. The molecule has 6 heterocycles. The molecule has 3 unspecified atom stereocenters. The monoisotopic (exact) mass is 896 g/mol. The number of hydrogen-bond donors (Lipinski definition) is 2. The van der Waals surface area contributed by atoms with E-state index >= 15 is 4.79 Å². The molecule has 352 valence electrons. The number of carbonyl (C=O) groups excluding carboxylic acids is 3. The second kappa shape index (κ2) is 16.0. The molecule has 14 nitrogen and oxygen atoms in total. The number of allylic oxidation sites excluding steroid dienone is 1. The van der Waals surface area contributed by atoms with E-state index in [1.807, 2.05) is 25.8 Å². The van der Waals surface area contributed by atoms with Gasteiger partial charge in [-0.3, -0.25) is 19.4 Å². The number of benzene rings is 1. The van der Waals surface area contributed by atoms with Gasteiger partial charge in [-0.25, -0.2) is 4.79 Å². The van der Waals surface area contributed by atoms with E-state index in [1.54, 1.807) is 7.11 Å². The van der Waals surface area contributed by atoms with Gasteiger partial charge in [-0.2, -0.15) is 0 Å². The second-order valence-corrected chi connectivity index (χ2v) is 20.6. The summed E-state index contributed by atoms with van der Waals surface area (Å²) in [4.78, 5) is 52.5. The van der Waals surface area contributed by atoms with Crippen molar-refractivity contribution in [3.05, 3.63) is 70.5 Å². The van der Waals surface area contributed by atoms with Crippen LogP contribution in [0.1, 0.15) is 70.4 Å². The van der Waals surface area contributed by atoms with E-state index in [2.05, 4.69) is 57.2 Å². The number of anilines is 1. The third kappa shape index (κ3) is 6.22. The Morgan fingerprint density at radius 3 is 2.40 bits per heavy atom. The van der Waals surface area contributed by atoms with Crippen LogP contribution in [-0.4, -0.2) is 166 Å². The van der Waals surface area contributed by atoms with Gasteiger partial charge in [-0.1, -0.05) is 38.1 Å². The van der Waals surface area contributed by atoms with Crippen molar-refractivity contribution in [1.82, 2.24) is 14.7 Å². The summed E-state index contributed by atoms with van der Waals surface area (Å²) in [6, 6.07) is 5.58. The molecule has 2 bridgehead atoms. The highest BCUT2D eigenvalue weighted by atomic mass is 16.6. The van der Waals surface area contributed by atoms with Crippen LogP contribution in [0.25, 0.3) is 5.57 Å². The molecule has 9 aliphatic rings. The summed E-state index contributed by atoms with van der Waals surface area (Å²) in [6.45, 7) is 11.8. The molecule has 5 fully saturated rings. The van der Waals surface area contributed by atoms with Crippen molar-refractivity contribution in [2.24, 2.45) is 28.1 Å². The van der Waals surface area contributed by atoms with Crippen LogP contribution in [0.2, 0.25) is 0 Å². The van der Waals surface area contributed by atoms with Crippen LogP contribution in [0.3, 0.4) is 0 Å². The summed E-state index contributed by atoms with van der Waals surface area (Å²) in [5.41, 5.74) is 1.18. The highest BCUT2D eigenvalue weighted by Gasteiger charge is 2.81. The number of fused-ring (bicyclic) bond motifs is 5. The maximum Gasteiger partial charge on any atom is 0.344 e. The predicted octanol–water partition coefficient (Wildman–Crippen LogP) is 3.89. The van der Waals surface area contributed by atoms with E-state index in [4.69, 9.17) is 23.7 Å². The summed E-state index contributed by atoms with van der Waals surface area (Å²) < 4.78 is 30.2. The fourth-order valence-electron chi connectivity index (χ4n) is 15.4. The minimum Gasteiger partial charge on any atom is -0.468 e. The lowest BCUT2D eigenvalue weighted by molar-refractivity contribution is -0.243. The van der Waals surface area contributed by atoms with Gasteiger partial charge in [0.25, 0.3) is 0 Å². The van der Waals surface area contributed by atoms with Crippen molar-refractivity contribution in [1.29, 1.82) is 0 Å². The zero-order valence-corrected chi connectivity index (χ0v) is 39.3. The first-order valence-corrected chi connectivity index (χ1v) is 24.0. The topological polar surface area (TPSA) is 151 Å². The number of likely N-dealkylation sites (N-methyl/N-ethyl adjacent to an activating group) is 1. The lowest BCUT2D eigenvalue weighted by Crippen LogP contribution is -2.79. The SMILES string of the molecule is CC[C@]1(O)C[C@H]2CN(CCC3=C(Cc4ccc(N5CCOCC5)cc43)[C@@](C(=O)OC)(C3C=C4C(=CC3OC)N(C)[C@H]3[C@@](O)(C(=O)OC)[C@H](OC(C)=O)[C@]5(CC)C=CCN6CC[C@]43[C@@H]65)C2)C1. The molecular formula is C51H68N4O10. The number of morpholine rings is 1. The minimum atomic E-state index is -2.29. The second-order valence-electron chi connectivity index (χ2n) is 20.6. The lowest BCUT2D eigenvalue weighted by Gasteiger charge is -2.63. The standard InChI is InChI=1S/C51H68N4O10/c1-8-47(59)27-32-28-50(45(57)62-6,37-23-33-11-12-34(54-19-21-64-22-20-54)24-36(33)35(37)13-17-53(29-32)30-47)39-25-38-40(26-41(39)61-5)52(4)43-49(38)15-18-55-16-10-14-48(9-2,42(49)55)44(65-31(3)56)51(43,60)46(58)63-7/h10-12,14,24-26,32,39,41-44,59-60H,8-9,13,15-23,27-30H2,1-7H3/t32-,39?,41?,42+,43-,44-,47+,48-,49-,50-,51+/m1/s1. The van der Waals surface area contributed by atoms with Crippen LogP contribution in [0.4, 0.5) is 5.69 Å². The first-order valence-electron chi connectivity index (χ1n) is 24.0. The number of rotatable bonds is 8. The summed E-state index contributed by atoms with van der Waals surface area (Å²) in [5.74, 6) is -2.40. The van der Waals surface area contributed by atoms with Gasteiger partial charge >= 0.3 is 17.9 Å². The van der Waals surface area contributed by atoms with Crippen LogP contribution in [0.15, 0.2) is 59.3 Å². The predicted molar refractivity (Wildman–Crippen MR) is 242 cm³/mol. The maximum absolute atomic E-state index is 15.7. The molecule has 0 radical (unpaired) electrons. The van der Waals surface area contributed by atoms with Gasteiger partial charge in [0.2, 0.25) is 5.60 Å². The van der Waals surface area contributed by atoms with Crippen LogP contribution in [0.5, 0.6) is 0 Å². The fourth-order valence-corrected chi connectivity index (χ4v) is 15.4. The molecule has 1 spiro atoms. The molecule has 65 heavy (non-hydrogen) atoms. The zero-order valence-electron chi connectivity index (χ0n) is 39.3. The van der Waals surface area contributed by atoms with Crippen LogP contribution < -0.4 is 4.90 Å². The summed E-state index contributed by atoms with van der Waals surface area (Å²) >= 11 is 0. The number of likely N-dealkylation sites (tertiary alicyclic amines) is 1. The number of piperidine rings is 1. The summed E-state index contributed by atoms with van der Waals surface area (Å²) in [6.07, 6.45) is 10.6. The molecule has 4 saturated heterocycles. The molecule has 12 atom stereocenters. The first kappa shape index (κ1) is 44.8. The Kier molecular flexibility index (Phi) is 11.1. The van der Waals surface area contributed by atoms with Crippen molar-refractivity contribution in [2.45, 2.75) is 101 Å². The average molecular weight is 897 g/mol. The lowest BCUT2D eigenvalue weighted by atomic mass is 9.47. The van der Waals surface area contributed by atoms with Crippen molar-refractivity contribution < 1.29 is 48.3 Å². The van der Waals surface area contributed by atoms with Gasteiger partial charge in [-0.15, -0.1) is 0 Å². The number of methoxy groups -OCH3 is 3. The summed E-state index contributed by atoms with van der Waals surface area (Å²) in [7, 11) is 6.36. The van der Waals surface area contributed by atoms with Crippen molar-refractivity contribution in [3.8, 4) is 0 Å². The highest BCUT2D eigenvalue weighted by Crippen LogP contribution is 2.71. The normalized spacial score (nSPS) is 40.5. The largest absolute Gasteiger partial charge is 0.468 e. The molecule has 3 aliphatic carbocycles. The fraction of sp³-hybridized carbons (Fsp3) is 0.667. The Balaban J connectivity index is 1.22. The smallest absolute Gasteiger partial charge is 0.344 e. The third-order valence-electron chi connectivity index (χ3n) is 17.8. The van der Waals surface area contributed by atoms with Crippen molar-refractivity contribution in [3.63, 3.8) is 0 Å². The van der Waals surface area contributed by atoms with Gasteiger partial charge in [0.05, 0.1) is 50.6 Å². The van der Waals surface area contributed by atoms with E-state index in [9.17, 15) is 19.8 Å². The Bertz CT molecular complexity index is 2270. The molecule has 1 saturated carbocycles. The number of ether oxygens (including phenoxy) is 5. The third-order valence-corrected chi connectivity index (χ3v) is 17.8. The van der Waals surface area contributed by atoms with Gasteiger partial charge in [0.15, 0.2) is 6.10 Å². The molecule has 6 aliphatic heterocycles. The number of esters is 3. The van der Waals surface area contributed by atoms with Gasteiger partial charge < -0.3 is 43.7 Å². The van der Waals surface area contributed by atoms with E-state index in [-0.39, 0.29) is 17.9 Å². The Hall–Kier alpha value is -4.05. The number of nitrogens with zero attached hydrogens (tertiary/aromatic N) is 4. The van der Waals surface area contributed by atoms with Gasteiger partial charge in [-0.05, 0) is 103 Å². The Labute approximate surface area is 383 Å². The quantitative estimate of drug-likeness (QED) is 0.221. The summed E-state index contributed by atoms with van der Waals surface area (Å²) in [5, 5.41) is 25.6. The molecule has 14 heteroatoms. The van der Waals surface area contributed by atoms with Crippen molar-refractivity contribution >= 4 is 29.2 Å². The van der Waals surface area contributed by atoms with Crippen molar-refractivity contribution in [2.75, 3.05) is 92.3 Å². The van der Waals surface area contributed by atoms with Gasteiger partial charge in [0, 0.05) is 94.5 Å². The number of carbonyl (C=O) groups is 3. The van der Waals surface area contributed by atoms with E-state index in [0.717, 1.165) is 59.8 Å². The number of hydrogen-bond acceptors (Lipinski definition) is 14.